The van der Waals surface area contributed by atoms with Crippen LogP contribution in [-0.2, 0) is 15.7 Å². The van der Waals surface area contributed by atoms with Crippen molar-refractivity contribution in [3.63, 3.8) is 0 Å². The number of benzene rings is 2. The third kappa shape index (κ3) is 6.16. The van der Waals surface area contributed by atoms with Crippen molar-refractivity contribution in [2.75, 3.05) is 37.4 Å². The molecule has 0 aromatic heterocycles. The lowest BCUT2D eigenvalue weighted by atomic mass is 9.97. The summed E-state index contributed by atoms with van der Waals surface area (Å²) in [6.45, 7) is 4.75. The van der Waals surface area contributed by atoms with E-state index in [4.69, 9.17) is 9.47 Å². The molecule has 0 unspecified atom stereocenters. The number of Topliss-reactive ketones (excluding diaryl/α,β-unsaturated/α-hetero) is 1. The number of ketones is 1. The van der Waals surface area contributed by atoms with Crippen molar-refractivity contribution in [3.05, 3.63) is 71.3 Å². The molecule has 1 aliphatic heterocycles. The number of anilines is 2. The minimum Gasteiger partial charge on any atom is -0.490 e. The number of halogens is 4. The van der Waals surface area contributed by atoms with Gasteiger partial charge in [0.25, 0.3) is 0 Å². The Morgan fingerprint density at radius 3 is 2.50 bits per heavy atom. The summed E-state index contributed by atoms with van der Waals surface area (Å²) in [4.78, 5) is 26.3. The number of likely N-dealkylation sites (tertiary alicyclic amines) is 1. The lowest BCUT2D eigenvalue weighted by molar-refractivity contribution is -0.141. The largest absolute Gasteiger partial charge is 0.490 e. The van der Waals surface area contributed by atoms with Gasteiger partial charge in [0, 0.05) is 25.2 Å². The third-order valence-corrected chi connectivity index (χ3v) is 6.03. The molecule has 2 aromatic rings. The fraction of sp³-hybridized carbons (Fsp3) is 0.333. The molecule has 1 aliphatic carbocycles. The van der Waals surface area contributed by atoms with Crippen LogP contribution in [0.25, 0.3) is 5.57 Å². The minimum atomic E-state index is -4.72. The van der Waals surface area contributed by atoms with Crippen LogP contribution in [0.5, 0.6) is 5.75 Å². The molecule has 2 aromatic carbocycles. The normalized spacial score (nSPS) is 17.2. The second kappa shape index (κ2) is 10.5. The summed E-state index contributed by atoms with van der Waals surface area (Å²) in [5.41, 5.74) is -1.02. The van der Waals surface area contributed by atoms with Gasteiger partial charge in [-0.25, -0.2) is 9.18 Å². The highest BCUT2D eigenvalue weighted by Gasteiger charge is 2.42. The Kier molecular flexibility index (Phi) is 7.50. The lowest BCUT2D eigenvalue weighted by Gasteiger charge is -2.46. The van der Waals surface area contributed by atoms with Gasteiger partial charge in [-0.1, -0.05) is 12.1 Å². The number of urea groups is 1. The monoisotopic (exact) mass is 533 g/mol. The van der Waals surface area contributed by atoms with E-state index in [0.717, 1.165) is 12.1 Å². The number of likely N-dealkylation sites (N-methyl/N-ethyl adjacent to an activating group) is 1. The van der Waals surface area contributed by atoms with Gasteiger partial charge in [-0.3, -0.25) is 9.69 Å². The molecule has 38 heavy (non-hydrogen) atoms. The van der Waals surface area contributed by atoms with Crippen molar-refractivity contribution in [2.24, 2.45) is 0 Å². The van der Waals surface area contributed by atoms with Crippen molar-refractivity contribution in [1.29, 1.82) is 0 Å². The number of ether oxygens (including phenoxy) is 2. The number of nitrogens with one attached hydrogen (secondary N) is 2. The maximum Gasteiger partial charge on any atom is 0.420 e. The van der Waals surface area contributed by atoms with Crippen LogP contribution in [0.4, 0.5) is 33.7 Å². The molecule has 1 saturated heterocycles. The molecule has 0 radical (unpaired) electrons. The van der Waals surface area contributed by atoms with Gasteiger partial charge in [0.15, 0.2) is 5.76 Å². The minimum absolute atomic E-state index is 0.116. The average Bonchev–Trinajstić information content (AvgIpc) is 2.81. The van der Waals surface area contributed by atoms with Crippen molar-refractivity contribution in [3.8, 4) is 5.75 Å². The summed E-state index contributed by atoms with van der Waals surface area (Å²) in [6, 6.07) is 6.35. The molecule has 1 fully saturated rings. The van der Waals surface area contributed by atoms with Crippen LogP contribution in [-0.4, -0.2) is 49.1 Å². The second-order valence-electron chi connectivity index (χ2n) is 9.44. The zero-order chi connectivity index (χ0) is 27.7. The van der Waals surface area contributed by atoms with Gasteiger partial charge in [-0.15, -0.1) is 0 Å². The predicted molar refractivity (Wildman–Crippen MR) is 134 cm³/mol. The van der Waals surface area contributed by atoms with Crippen molar-refractivity contribution < 1.29 is 36.6 Å². The number of hydrogen-bond donors (Lipinski definition) is 2. The Morgan fingerprint density at radius 1 is 1.13 bits per heavy atom. The van der Waals surface area contributed by atoms with Gasteiger partial charge < -0.3 is 20.1 Å². The van der Waals surface area contributed by atoms with Gasteiger partial charge in [-0.05, 0) is 68.4 Å². The topological polar surface area (TPSA) is 79.9 Å². The number of hydrogen-bond acceptors (Lipinski definition) is 5. The van der Waals surface area contributed by atoms with Crippen LogP contribution < -0.4 is 15.4 Å². The molecule has 0 bridgehead atoms. The van der Waals surface area contributed by atoms with E-state index in [1.54, 1.807) is 26.0 Å². The number of carbonyl (C=O) groups excluding carboxylic acids is 2. The summed E-state index contributed by atoms with van der Waals surface area (Å²) in [7, 11) is 1.84. The zero-order valence-electron chi connectivity index (χ0n) is 21.0. The summed E-state index contributed by atoms with van der Waals surface area (Å²) < 4.78 is 66.9. The van der Waals surface area contributed by atoms with E-state index in [-0.39, 0.29) is 35.1 Å². The van der Waals surface area contributed by atoms with Crippen molar-refractivity contribution >= 4 is 28.8 Å². The highest BCUT2D eigenvalue weighted by atomic mass is 19.4. The molecular weight excluding hydrogens is 506 g/mol. The lowest BCUT2D eigenvalue weighted by Crippen LogP contribution is -2.61. The van der Waals surface area contributed by atoms with Crippen molar-refractivity contribution in [1.82, 2.24) is 4.90 Å². The fourth-order valence-electron chi connectivity index (χ4n) is 4.49. The summed E-state index contributed by atoms with van der Waals surface area (Å²) in [6.07, 6.45) is -1.43. The first kappa shape index (κ1) is 27.2. The standard InChI is InChI=1S/C27H27F4N3O4/c1-4-37-24-12-17(6-9-22(24)35)16-5-8-21(20(28)11-16)33-25(36)32-18-7-10-23(19(13-18)27(29,30)31)38-26(2)14-34(3)15-26/h5-8,10-13H,4,9,14-15H2,1-3H3,(H2,32,33,36). The van der Waals surface area contributed by atoms with E-state index in [1.165, 1.54) is 24.3 Å². The van der Waals surface area contributed by atoms with E-state index in [9.17, 15) is 27.2 Å². The van der Waals surface area contributed by atoms with E-state index < -0.39 is 29.2 Å². The first-order chi connectivity index (χ1) is 17.9. The zero-order valence-corrected chi connectivity index (χ0v) is 21.0. The SMILES string of the molecule is CCOC1=CC(c2ccc(NC(=O)Nc3ccc(OC4(C)CN(C)C4)c(C(F)(F)F)c3)c(F)c2)=CCC1=O. The van der Waals surface area contributed by atoms with Crippen LogP contribution in [0, 0.1) is 5.82 Å². The second-order valence-corrected chi connectivity index (χ2v) is 9.44. The molecule has 2 N–H and O–H groups in total. The van der Waals surface area contributed by atoms with Gasteiger partial charge in [0.05, 0.1) is 17.9 Å². The molecule has 2 aliphatic rings. The smallest absolute Gasteiger partial charge is 0.420 e. The number of allylic oxidation sites excluding steroid dienone is 4. The number of rotatable bonds is 7. The Balaban J connectivity index is 1.46. The maximum atomic E-state index is 14.8. The van der Waals surface area contributed by atoms with E-state index in [1.807, 2.05) is 11.9 Å². The predicted octanol–water partition coefficient (Wildman–Crippen LogP) is 5.85. The third-order valence-electron chi connectivity index (χ3n) is 6.03. The van der Waals surface area contributed by atoms with E-state index >= 15 is 0 Å². The van der Waals surface area contributed by atoms with E-state index in [0.29, 0.717) is 30.8 Å². The molecule has 0 spiro atoms. The Hall–Kier alpha value is -3.86. The van der Waals surface area contributed by atoms with Gasteiger partial charge in [0.1, 0.15) is 17.2 Å². The van der Waals surface area contributed by atoms with E-state index in [2.05, 4.69) is 10.6 Å². The highest BCUT2D eigenvalue weighted by Crippen LogP contribution is 2.40. The highest BCUT2D eigenvalue weighted by molar-refractivity contribution is 6.02. The van der Waals surface area contributed by atoms with Crippen LogP contribution in [0.2, 0.25) is 0 Å². The van der Waals surface area contributed by atoms with Gasteiger partial charge in [0.2, 0.25) is 5.78 Å². The Labute approximate surface area is 217 Å². The van der Waals surface area contributed by atoms with Gasteiger partial charge in [-0.2, -0.15) is 13.2 Å². The molecular formula is C27H27F4N3O4. The fourth-order valence-corrected chi connectivity index (χ4v) is 4.49. The van der Waals surface area contributed by atoms with Gasteiger partial charge >= 0.3 is 12.2 Å². The molecule has 7 nitrogen and oxygen atoms in total. The Bertz CT molecular complexity index is 1310. The molecule has 0 atom stereocenters. The number of amides is 2. The molecule has 4 rings (SSSR count). The number of nitrogens with zero attached hydrogens (tertiary/aromatic N) is 1. The Morgan fingerprint density at radius 2 is 1.87 bits per heavy atom. The molecule has 1 heterocycles. The average molecular weight is 534 g/mol. The molecule has 2 amide bonds. The first-order valence-corrected chi connectivity index (χ1v) is 11.9. The summed E-state index contributed by atoms with van der Waals surface area (Å²) in [5.74, 6) is -1.08. The van der Waals surface area contributed by atoms with Crippen LogP contribution >= 0.6 is 0 Å². The van der Waals surface area contributed by atoms with Crippen LogP contribution in [0.15, 0.2) is 54.3 Å². The number of alkyl halides is 3. The van der Waals surface area contributed by atoms with Crippen LogP contribution in [0.1, 0.15) is 31.4 Å². The summed E-state index contributed by atoms with van der Waals surface area (Å²) >= 11 is 0. The quantitative estimate of drug-likeness (QED) is 0.437. The maximum absolute atomic E-state index is 14.8. The summed E-state index contributed by atoms with van der Waals surface area (Å²) in [5, 5.41) is 4.60. The molecule has 11 heteroatoms. The number of carbonyl (C=O) groups is 2. The van der Waals surface area contributed by atoms with Crippen LogP contribution in [0.3, 0.4) is 0 Å². The van der Waals surface area contributed by atoms with Crippen molar-refractivity contribution in [2.45, 2.75) is 32.0 Å². The molecule has 0 saturated carbocycles. The molecule has 202 valence electrons. The first-order valence-electron chi connectivity index (χ1n) is 11.9.